The summed E-state index contributed by atoms with van der Waals surface area (Å²) in [6.07, 6.45) is 3.63. The summed E-state index contributed by atoms with van der Waals surface area (Å²) in [6, 6.07) is 7.88. The number of hydrogen-bond acceptors (Lipinski definition) is 4. The van der Waals surface area contributed by atoms with Crippen LogP contribution in [0.1, 0.15) is 58.9 Å². The number of anilines is 1. The second-order valence-electron chi connectivity index (χ2n) is 9.25. The highest BCUT2D eigenvalue weighted by molar-refractivity contribution is 5.92. The number of hydrogen-bond donors (Lipinski definition) is 1. The molecular formula is C24H35NO4. The van der Waals surface area contributed by atoms with Gasteiger partial charge < -0.3 is 14.8 Å². The summed E-state index contributed by atoms with van der Waals surface area (Å²) in [5.74, 6) is 1.58. The fourth-order valence-electron chi connectivity index (χ4n) is 4.85. The van der Waals surface area contributed by atoms with Gasteiger partial charge in [0.1, 0.15) is 0 Å². The zero-order valence-corrected chi connectivity index (χ0v) is 18.2. The summed E-state index contributed by atoms with van der Waals surface area (Å²) in [4.78, 5) is 25.0. The zero-order chi connectivity index (χ0) is 21.0. The fraction of sp³-hybridized carbons (Fsp3) is 0.667. The van der Waals surface area contributed by atoms with Gasteiger partial charge in [-0.2, -0.15) is 0 Å². The summed E-state index contributed by atoms with van der Waals surface area (Å²) in [7, 11) is 0. The van der Waals surface area contributed by atoms with Gasteiger partial charge in [0.2, 0.25) is 5.91 Å². The molecule has 2 fully saturated rings. The van der Waals surface area contributed by atoms with Crippen LogP contribution in [0.2, 0.25) is 0 Å². The van der Waals surface area contributed by atoms with Crippen LogP contribution in [-0.4, -0.2) is 31.7 Å². The Morgan fingerprint density at radius 2 is 1.90 bits per heavy atom. The minimum atomic E-state index is -0.309. The molecule has 1 aromatic rings. The maximum atomic E-state index is 13.0. The normalized spacial score (nSPS) is 25.9. The Labute approximate surface area is 174 Å². The summed E-state index contributed by atoms with van der Waals surface area (Å²) < 4.78 is 10.5. The third-order valence-corrected chi connectivity index (χ3v) is 6.67. The summed E-state index contributed by atoms with van der Waals surface area (Å²) in [6.45, 7) is 9.93. The Kier molecular flexibility index (Phi) is 6.99. The van der Waals surface area contributed by atoms with E-state index in [-0.39, 0.29) is 23.2 Å². The van der Waals surface area contributed by atoms with Crippen LogP contribution in [0, 0.1) is 23.7 Å². The smallest absolute Gasteiger partial charge is 0.306 e. The SMILES string of the molecule is CCOC(=O)CC1(c2ccc(NC(=O)[C@@H]3C[C@H](C)CC[C@H]3C(C)C)cc2)COC1. The monoisotopic (exact) mass is 401 g/mol. The van der Waals surface area contributed by atoms with Crippen molar-refractivity contribution in [3.63, 3.8) is 0 Å². The van der Waals surface area contributed by atoms with E-state index in [4.69, 9.17) is 9.47 Å². The van der Waals surface area contributed by atoms with Crippen molar-refractivity contribution in [1.82, 2.24) is 0 Å². The Hall–Kier alpha value is -1.88. The summed E-state index contributed by atoms with van der Waals surface area (Å²) in [5.41, 5.74) is 1.56. The third-order valence-electron chi connectivity index (χ3n) is 6.67. The first-order valence-corrected chi connectivity index (χ1v) is 11.0. The molecule has 3 rings (SSSR count). The highest BCUT2D eigenvalue weighted by Crippen LogP contribution is 2.39. The van der Waals surface area contributed by atoms with Crippen molar-refractivity contribution in [2.24, 2.45) is 23.7 Å². The molecule has 1 aliphatic carbocycles. The van der Waals surface area contributed by atoms with Crippen molar-refractivity contribution in [2.75, 3.05) is 25.1 Å². The number of rotatable bonds is 7. The first kappa shape index (κ1) is 21.8. The van der Waals surface area contributed by atoms with Gasteiger partial charge in [-0.05, 0) is 55.2 Å². The molecule has 160 valence electrons. The molecule has 1 N–H and O–H groups in total. The maximum Gasteiger partial charge on any atom is 0.306 e. The lowest BCUT2D eigenvalue weighted by atomic mass is 9.70. The molecule has 1 aromatic carbocycles. The molecule has 0 radical (unpaired) electrons. The largest absolute Gasteiger partial charge is 0.466 e. The number of ether oxygens (including phenoxy) is 2. The first-order chi connectivity index (χ1) is 13.8. The zero-order valence-electron chi connectivity index (χ0n) is 18.2. The molecule has 2 aliphatic rings. The molecule has 1 saturated heterocycles. The van der Waals surface area contributed by atoms with Crippen molar-refractivity contribution in [3.8, 4) is 0 Å². The van der Waals surface area contributed by atoms with E-state index >= 15 is 0 Å². The van der Waals surface area contributed by atoms with Gasteiger partial charge in [0, 0.05) is 11.6 Å². The van der Waals surface area contributed by atoms with Gasteiger partial charge in [-0.25, -0.2) is 0 Å². The number of carbonyl (C=O) groups is 2. The highest BCUT2D eigenvalue weighted by Gasteiger charge is 2.42. The quantitative estimate of drug-likeness (QED) is 0.681. The van der Waals surface area contributed by atoms with E-state index in [1.807, 2.05) is 31.2 Å². The van der Waals surface area contributed by atoms with E-state index in [0.29, 0.717) is 44.0 Å². The molecule has 0 bridgehead atoms. The van der Waals surface area contributed by atoms with E-state index in [2.05, 4.69) is 26.1 Å². The summed E-state index contributed by atoms with van der Waals surface area (Å²) in [5, 5.41) is 3.13. The van der Waals surface area contributed by atoms with Gasteiger partial charge in [0.15, 0.2) is 0 Å². The first-order valence-electron chi connectivity index (χ1n) is 11.0. The van der Waals surface area contributed by atoms with Gasteiger partial charge in [-0.3, -0.25) is 9.59 Å². The number of nitrogens with one attached hydrogen (secondary N) is 1. The average Bonchev–Trinajstić information content (AvgIpc) is 2.65. The van der Waals surface area contributed by atoms with Crippen molar-refractivity contribution in [1.29, 1.82) is 0 Å². The van der Waals surface area contributed by atoms with E-state index < -0.39 is 0 Å². The topological polar surface area (TPSA) is 64.6 Å². The molecule has 0 unspecified atom stereocenters. The molecule has 3 atom stereocenters. The third kappa shape index (κ3) is 5.00. The van der Waals surface area contributed by atoms with Crippen molar-refractivity contribution in [3.05, 3.63) is 29.8 Å². The highest BCUT2D eigenvalue weighted by atomic mass is 16.5. The fourth-order valence-corrected chi connectivity index (χ4v) is 4.85. The lowest BCUT2D eigenvalue weighted by Gasteiger charge is -2.41. The summed E-state index contributed by atoms with van der Waals surface area (Å²) >= 11 is 0. The molecule has 29 heavy (non-hydrogen) atoms. The Balaban J connectivity index is 1.67. The van der Waals surface area contributed by atoms with Crippen LogP contribution in [0.25, 0.3) is 0 Å². The molecule has 0 aromatic heterocycles. The van der Waals surface area contributed by atoms with Crippen molar-refractivity contribution < 1.29 is 19.1 Å². The minimum absolute atomic E-state index is 0.0774. The Morgan fingerprint density at radius 3 is 2.45 bits per heavy atom. The molecule has 1 saturated carbocycles. The van der Waals surface area contributed by atoms with Crippen LogP contribution in [-0.2, 0) is 24.5 Å². The van der Waals surface area contributed by atoms with Crippen molar-refractivity contribution in [2.45, 2.75) is 58.8 Å². The molecule has 1 heterocycles. The van der Waals surface area contributed by atoms with E-state index in [0.717, 1.165) is 24.1 Å². The second kappa shape index (κ2) is 9.29. The Bertz CT molecular complexity index is 708. The van der Waals surface area contributed by atoms with E-state index in [1.54, 1.807) is 0 Å². The lowest BCUT2D eigenvalue weighted by molar-refractivity contribution is -0.151. The molecule has 5 heteroatoms. The minimum Gasteiger partial charge on any atom is -0.466 e. The van der Waals surface area contributed by atoms with Crippen LogP contribution in [0.3, 0.4) is 0 Å². The molecular weight excluding hydrogens is 366 g/mol. The molecule has 1 aliphatic heterocycles. The molecule has 0 spiro atoms. The number of amides is 1. The number of esters is 1. The average molecular weight is 402 g/mol. The van der Waals surface area contributed by atoms with Crippen LogP contribution < -0.4 is 5.32 Å². The molecule has 1 amide bonds. The van der Waals surface area contributed by atoms with Crippen LogP contribution in [0.15, 0.2) is 24.3 Å². The van der Waals surface area contributed by atoms with Gasteiger partial charge in [0.05, 0.1) is 31.7 Å². The van der Waals surface area contributed by atoms with E-state index in [1.165, 1.54) is 6.42 Å². The van der Waals surface area contributed by atoms with Crippen LogP contribution >= 0.6 is 0 Å². The van der Waals surface area contributed by atoms with E-state index in [9.17, 15) is 9.59 Å². The number of benzene rings is 1. The van der Waals surface area contributed by atoms with Gasteiger partial charge in [-0.1, -0.05) is 39.3 Å². The molecule has 5 nitrogen and oxygen atoms in total. The predicted octanol–water partition coefficient (Wildman–Crippen LogP) is 4.55. The van der Waals surface area contributed by atoms with Crippen LogP contribution in [0.4, 0.5) is 5.69 Å². The Morgan fingerprint density at radius 1 is 1.21 bits per heavy atom. The van der Waals surface area contributed by atoms with Gasteiger partial charge in [0.25, 0.3) is 0 Å². The van der Waals surface area contributed by atoms with Gasteiger partial charge in [-0.15, -0.1) is 0 Å². The number of carbonyl (C=O) groups excluding carboxylic acids is 2. The van der Waals surface area contributed by atoms with Gasteiger partial charge >= 0.3 is 5.97 Å². The predicted molar refractivity (Wildman–Crippen MR) is 114 cm³/mol. The maximum absolute atomic E-state index is 13.0. The lowest BCUT2D eigenvalue weighted by Crippen LogP contribution is -2.48. The standard InChI is InChI=1S/C24H35NO4/c1-5-29-22(26)13-24(14-28-15-24)18-7-9-19(10-8-18)25-23(27)21-12-17(4)6-11-20(21)16(2)3/h7-10,16-17,20-21H,5-6,11-15H2,1-4H3,(H,25,27)/t17-,20+,21-/m1/s1. The van der Waals surface area contributed by atoms with Crippen LogP contribution in [0.5, 0.6) is 0 Å². The second-order valence-corrected chi connectivity index (χ2v) is 9.25. The van der Waals surface area contributed by atoms with Crippen molar-refractivity contribution >= 4 is 17.6 Å².